The monoisotopic (exact) mass is 391 g/mol. The summed E-state index contributed by atoms with van der Waals surface area (Å²) >= 11 is 0. The van der Waals surface area contributed by atoms with Crippen molar-refractivity contribution in [3.8, 4) is 17.2 Å². The first kappa shape index (κ1) is 21.6. The van der Waals surface area contributed by atoms with Gasteiger partial charge >= 0.3 is 5.97 Å². The number of hydrogen-bond donors (Lipinski definition) is 0. The van der Waals surface area contributed by atoms with Gasteiger partial charge in [-0.3, -0.25) is 4.79 Å². The van der Waals surface area contributed by atoms with Gasteiger partial charge in [0.05, 0.1) is 21.3 Å². The minimum Gasteiger partial charge on any atom is -0.493 e. The number of hydrogen-bond acceptors (Lipinski definition) is 6. The van der Waals surface area contributed by atoms with Crippen molar-refractivity contribution in [1.29, 1.82) is 0 Å². The van der Waals surface area contributed by atoms with E-state index < -0.39 is 5.97 Å². The molecule has 1 heterocycles. The van der Waals surface area contributed by atoms with Gasteiger partial charge in [0.2, 0.25) is 5.75 Å². The van der Waals surface area contributed by atoms with E-state index in [0.717, 1.165) is 6.42 Å². The second-order valence-electron chi connectivity index (χ2n) is 7.14. The van der Waals surface area contributed by atoms with Crippen LogP contribution in [0.2, 0.25) is 0 Å². The van der Waals surface area contributed by atoms with Crippen molar-refractivity contribution in [3.63, 3.8) is 0 Å². The third kappa shape index (κ3) is 5.65. The molecule has 1 aromatic carbocycles. The molecule has 2 atom stereocenters. The summed E-state index contributed by atoms with van der Waals surface area (Å²) in [7, 11) is 4.56. The average Bonchev–Trinajstić information content (AvgIpc) is 2.68. The number of carbonyl (C=O) groups excluding carboxylic acids is 2. The Morgan fingerprint density at radius 2 is 1.61 bits per heavy atom. The maximum atomic E-state index is 12.3. The molecule has 1 aliphatic heterocycles. The van der Waals surface area contributed by atoms with Crippen LogP contribution in [0.25, 0.3) is 6.08 Å². The number of benzene rings is 1. The van der Waals surface area contributed by atoms with Gasteiger partial charge in [-0.25, -0.2) is 4.79 Å². The lowest BCUT2D eigenvalue weighted by Gasteiger charge is -2.34. The third-order valence-corrected chi connectivity index (χ3v) is 4.66. The van der Waals surface area contributed by atoms with Gasteiger partial charge < -0.3 is 23.8 Å². The average molecular weight is 391 g/mol. The fourth-order valence-corrected chi connectivity index (χ4v) is 3.50. The van der Waals surface area contributed by atoms with Crippen LogP contribution >= 0.6 is 0 Å². The summed E-state index contributed by atoms with van der Waals surface area (Å²) in [5.41, 5.74) is 0.677. The van der Waals surface area contributed by atoms with Crippen LogP contribution in [0.4, 0.5) is 0 Å². The van der Waals surface area contributed by atoms with Crippen molar-refractivity contribution in [2.75, 3.05) is 41.0 Å². The summed E-state index contributed by atoms with van der Waals surface area (Å²) < 4.78 is 20.9. The highest BCUT2D eigenvalue weighted by Crippen LogP contribution is 2.38. The van der Waals surface area contributed by atoms with Crippen LogP contribution in [0.1, 0.15) is 25.8 Å². The van der Waals surface area contributed by atoms with Crippen LogP contribution in [-0.2, 0) is 14.3 Å². The standard InChI is InChI=1S/C21H29NO6/c1-14-8-15(2)12-22(11-14)19(23)13-28-20(24)7-6-16-9-17(25-3)21(27-5)18(10-16)26-4/h6-7,9-10,14-15H,8,11-13H2,1-5H3/b7-6+/t14-,15-/m0/s1. The first-order chi connectivity index (χ1) is 13.4. The number of rotatable bonds is 7. The summed E-state index contributed by atoms with van der Waals surface area (Å²) in [5.74, 6) is 1.62. The second kappa shape index (κ2) is 10.0. The number of piperidine rings is 1. The van der Waals surface area contributed by atoms with E-state index in [1.54, 1.807) is 23.1 Å². The fourth-order valence-electron chi connectivity index (χ4n) is 3.50. The van der Waals surface area contributed by atoms with E-state index >= 15 is 0 Å². The quantitative estimate of drug-likeness (QED) is 0.526. The normalized spacial score (nSPS) is 19.4. The molecule has 28 heavy (non-hydrogen) atoms. The summed E-state index contributed by atoms with van der Waals surface area (Å²) in [4.78, 5) is 26.1. The Morgan fingerprint density at radius 1 is 1.04 bits per heavy atom. The molecule has 7 heteroatoms. The molecule has 1 amide bonds. The molecule has 0 bridgehead atoms. The van der Waals surface area contributed by atoms with Gasteiger partial charge in [0, 0.05) is 19.2 Å². The highest BCUT2D eigenvalue weighted by atomic mass is 16.5. The van der Waals surface area contributed by atoms with E-state index in [-0.39, 0.29) is 12.5 Å². The van der Waals surface area contributed by atoms with E-state index in [2.05, 4.69) is 13.8 Å². The van der Waals surface area contributed by atoms with Gasteiger partial charge in [0.1, 0.15) is 0 Å². The van der Waals surface area contributed by atoms with Gasteiger partial charge in [0.15, 0.2) is 18.1 Å². The van der Waals surface area contributed by atoms with Gasteiger partial charge in [0.25, 0.3) is 5.91 Å². The molecular formula is C21H29NO6. The van der Waals surface area contributed by atoms with Gasteiger partial charge in [-0.15, -0.1) is 0 Å². The highest BCUT2D eigenvalue weighted by Gasteiger charge is 2.25. The highest BCUT2D eigenvalue weighted by molar-refractivity contribution is 5.89. The maximum Gasteiger partial charge on any atom is 0.331 e. The van der Waals surface area contributed by atoms with Crippen LogP contribution in [-0.4, -0.2) is 57.8 Å². The third-order valence-electron chi connectivity index (χ3n) is 4.66. The number of likely N-dealkylation sites (tertiary alicyclic amines) is 1. The predicted octanol–water partition coefficient (Wildman–Crippen LogP) is 2.77. The molecule has 0 radical (unpaired) electrons. The Labute approximate surface area is 166 Å². The molecule has 0 aliphatic carbocycles. The summed E-state index contributed by atoms with van der Waals surface area (Å²) in [5, 5.41) is 0. The SMILES string of the molecule is COc1cc(/C=C/C(=O)OCC(=O)N2C[C@@H](C)C[C@H](C)C2)cc(OC)c1OC. The van der Waals surface area contributed by atoms with Crippen LogP contribution < -0.4 is 14.2 Å². The lowest BCUT2D eigenvalue weighted by Crippen LogP contribution is -2.44. The van der Waals surface area contributed by atoms with E-state index in [9.17, 15) is 9.59 Å². The molecule has 1 saturated heterocycles. The van der Waals surface area contributed by atoms with E-state index in [1.807, 2.05) is 0 Å². The zero-order chi connectivity index (χ0) is 20.7. The Balaban J connectivity index is 1.95. The Kier molecular flexibility index (Phi) is 7.72. The first-order valence-corrected chi connectivity index (χ1v) is 9.30. The topological polar surface area (TPSA) is 74.3 Å². The fraction of sp³-hybridized carbons (Fsp3) is 0.524. The van der Waals surface area contributed by atoms with Crippen molar-refractivity contribution >= 4 is 18.0 Å². The second-order valence-corrected chi connectivity index (χ2v) is 7.14. The van der Waals surface area contributed by atoms with Crippen molar-refractivity contribution in [1.82, 2.24) is 4.90 Å². The molecule has 0 N–H and O–H groups in total. The largest absolute Gasteiger partial charge is 0.493 e. The Hall–Kier alpha value is -2.70. The number of nitrogens with zero attached hydrogens (tertiary/aromatic N) is 1. The van der Waals surface area contributed by atoms with Crippen molar-refractivity contribution in [3.05, 3.63) is 23.8 Å². The zero-order valence-corrected chi connectivity index (χ0v) is 17.2. The molecule has 2 rings (SSSR count). The van der Waals surface area contributed by atoms with E-state index in [1.165, 1.54) is 27.4 Å². The lowest BCUT2D eigenvalue weighted by molar-refractivity contribution is -0.149. The van der Waals surface area contributed by atoms with E-state index in [0.29, 0.717) is 47.7 Å². The summed E-state index contributed by atoms with van der Waals surface area (Å²) in [6.45, 7) is 5.42. The lowest BCUT2D eigenvalue weighted by atomic mass is 9.92. The number of ether oxygens (including phenoxy) is 4. The smallest absolute Gasteiger partial charge is 0.331 e. The Morgan fingerprint density at radius 3 is 2.11 bits per heavy atom. The number of esters is 1. The van der Waals surface area contributed by atoms with Crippen LogP contribution in [0.3, 0.4) is 0 Å². The molecular weight excluding hydrogens is 362 g/mol. The maximum absolute atomic E-state index is 12.3. The molecule has 0 spiro atoms. The van der Waals surface area contributed by atoms with Crippen LogP contribution in [0.5, 0.6) is 17.2 Å². The molecule has 0 aromatic heterocycles. The van der Waals surface area contributed by atoms with Gasteiger partial charge in [-0.2, -0.15) is 0 Å². The van der Waals surface area contributed by atoms with Crippen molar-refractivity contribution in [2.45, 2.75) is 20.3 Å². The van der Waals surface area contributed by atoms with Gasteiger partial charge in [-0.1, -0.05) is 13.8 Å². The first-order valence-electron chi connectivity index (χ1n) is 9.30. The molecule has 1 aromatic rings. The molecule has 0 unspecified atom stereocenters. The predicted molar refractivity (Wildman–Crippen MR) is 106 cm³/mol. The summed E-state index contributed by atoms with van der Waals surface area (Å²) in [6.07, 6.45) is 3.96. The van der Waals surface area contributed by atoms with Crippen molar-refractivity contribution in [2.24, 2.45) is 11.8 Å². The number of amides is 1. The molecule has 7 nitrogen and oxygen atoms in total. The Bertz CT molecular complexity index is 695. The molecule has 0 saturated carbocycles. The molecule has 1 fully saturated rings. The van der Waals surface area contributed by atoms with Gasteiger partial charge in [-0.05, 0) is 42.0 Å². The summed E-state index contributed by atoms with van der Waals surface area (Å²) in [6, 6.07) is 3.43. The molecule has 154 valence electrons. The number of methoxy groups -OCH3 is 3. The zero-order valence-electron chi connectivity index (χ0n) is 17.2. The van der Waals surface area contributed by atoms with E-state index in [4.69, 9.17) is 18.9 Å². The van der Waals surface area contributed by atoms with Crippen LogP contribution in [0.15, 0.2) is 18.2 Å². The molecule has 1 aliphatic rings. The number of carbonyl (C=O) groups is 2. The van der Waals surface area contributed by atoms with Crippen LogP contribution in [0, 0.1) is 11.8 Å². The van der Waals surface area contributed by atoms with Crippen molar-refractivity contribution < 1.29 is 28.5 Å². The minimum absolute atomic E-state index is 0.159. The minimum atomic E-state index is -0.583.